The largest absolute Gasteiger partial charge is 0.340 e. The van der Waals surface area contributed by atoms with E-state index in [-0.39, 0.29) is 16.8 Å². The highest BCUT2D eigenvalue weighted by Gasteiger charge is 2.29. The highest BCUT2D eigenvalue weighted by Crippen LogP contribution is 2.21. The van der Waals surface area contributed by atoms with Crippen molar-refractivity contribution in [2.45, 2.75) is 19.0 Å². The first-order valence-electron chi connectivity index (χ1n) is 10.1. The first kappa shape index (κ1) is 23.9. The highest BCUT2D eigenvalue weighted by molar-refractivity contribution is 7.98. The highest BCUT2D eigenvalue weighted by atomic mass is 35.5. The van der Waals surface area contributed by atoms with Crippen LogP contribution in [0.2, 0.25) is 10.0 Å². The summed E-state index contributed by atoms with van der Waals surface area (Å²) < 4.78 is 0. The maximum Gasteiger partial charge on any atom is 0.253 e. The van der Waals surface area contributed by atoms with Crippen LogP contribution in [0.4, 0.5) is 0 Å². The van der Waals surface area contributed by atoms with E-state index in [9.17, 15) is 9.59 Å². The lowest BCUT2D eigenvalue weighted by molar-refractivity contribution is -0.135. The number of benzene rings is 1. The van der Waals surface area contributed by atoms with Crippen molar-refractivity contribution in [1.29, 1.82) is 0 Å². The molecular weight excluding hydrogens is 455 g/mol. The predicted octanol–water partition coefficient (Wildman–Crippen LogP) is 3.58. The van der Waals surface area contributed by atoms with Crippen molar-refractivity contribution in [1.82, 2.24) is 20.1 Å². The number of amides is 2. The molecule has 2 amide bonds. The van der Waals surface area contributed by atoms with Gasteiger partial charge in [0, 0.05) is 50.1 Å². The van der Waals surface area contributed by atoms with Crippen molar-refractivity contribution in [3.63, 3.8) is 0 Å². The van der Waals surface area contributed by atoms with Gasteiger partial charge in [0.1, 0.15) is 6.04 Å². The first-order chi connectivity index (χ1) is 15.0. The van der Waals surface area contributed by atoms with Gasteiger partial charge in [-0.05, 0) is 48.3 Å². The molecule has 1 aliphatic rings. The Morgan fingerprint density at radius 3 is 2.61 bits per heavy atom. The average Bonchev–Trinajstić information content (AvgIpc) is 2.77. The van der Waals surface area contributed by atoms with E-state index in [1.165, 1.54) is 6.07 Å². The fraction of sp³-hybridized carbons (Fsp3) is 0.409. The van der Waals surface area contributed by atoms with Gasteiger partial charge in [-0.2, -0.15) is 11.8 Å². The van der Waals surface area contributed by atoms with Gasteiger partial charge in [-0.1, -0.05) is 29.3 Å². The van der Waals surface area contributed by atoms with E-state index in [4.69, 9.17) is 23.2 Å². The van der Waals surface area contributed by atoms with E-state index in [0.717, 1.165) is 31.0 Å². The van der Waals surface area contributed by atoms with Crippen molar-refractivity contribution in [3.05, 3.63) is 63.9 Å². The summed E-state index contributed by atoms with van der Waals surface area (Å²) in [5, 5.41) is 3.61. The van der Waals surface area contributed by atoms with Crippen LogP contribution in [-0.2, 0) is 11.3 Å². The summed E-state index contributed by atoms with van der Waals surface area (Å²) in [4.78, 5) is 34.3. The summed E-state index contributed by atoms with van der Waals surface area (Å²) in [5.74, 6) is 0.358. The zero-order chi connectivity index (χ0) is 22.2. The molecule has 1 aromatic carbocycles. The molecule has 1 aromatic heterocycles. The maximum atomic E-state index is 13.2. The van der Waals surface area contributed by atoms with Crippen LogP contribution in [-0.4, -0.2) is 70.8 Å². The van der Waals surface area contributed by atoms with Crippen molar-refractivity contribution >= 4 is 46.8 Å². The minimum Gasteiger partial charge on any atom is -0.340 e. The van der Waals surface area contributed by atoms with E-state index >= 15 is 0 Å². The van der Waals surface area contributed by atoms with Gasteiger partial charge < -0.3 is 10.2 Å². The lowest BCUT2D eigenvalue weighted by Gasteiger charge is -2.36. The molecule has 0 bridgehead atoms. The standard InChI is InChI=1S/C22H26Cl2N4O2S/c1-31-12-6-20(26-21(29)18-5-4-17(23)13-19(18)24)22(30)28-10-8-27(9-11-28)15-16-3-2-7-25-14-16/h2-5,7,13-14,20H,6,8-12,15H2,1H3,(H,26,29). The molecule has 166 valence electrons. The Balaban J connectivity index is 1.60. The van der Waals surface area contributed by atoms with Crippen LogP contribution < -0.4 is 5.32 Å². The number of aromatic nitrogens is 1. The molecule has 0 radical (unpaired) electrons. The normalized spacial score (nSPS) is 15.5. The minimum absolute atomic E-state index is 0.0477. The minimum atomic E-state index is -0.587. The zero-order valence-electron chi connectivity index (χ0n) is 17.4. The number of hydrogen-bond acceptors (Lipinski definition) is 5. The molecule has 0 aliphatic carbocycles. The molecule has 1 N–H and O–H groups in total. The third-order valence-electron chi connectivity index (χ3n) is 5.20. The molecule has 1 unspecified atom stereocenters. The monoisotopic (exact) mass is 480 g/mol. The fourth-order valence-electron chi connectivity index (χ4n) is 3.50. The summed E-state index contributed by atoms with van der Waals surface area (Å²) >= 11 is 13.7. The van der Waals surface area contributed by atoms with Gasteiger partial charge in [0.2, 0.25) is 5.91 Å². The SMILES string of the molecule is CSCCC(NC(=O)c1ccc(Cl)cc1Cl)C(=O)N1CCN(Cc2cccnc2)CC1. The molecule has 2 heterocycles. The Morgan fingerprint density at radius 1 is 1.19 bits per heavy atom. The molecule has 9 heteroatoms. The second-order valence-electron chi connectivity index (χ2n) is 7.39. The van der Waals surface area contributed by atoms with Crippen LogP contribution in [0.5, 0.6) is 0 Å². The molecule has 1 fully saturated rings. The van der Waals surface area contributed by atoms with E-state index in [1.807, 2.05) is 23.4 Å². The van der Waals surface area contributed by atoms with Gasteiger partial charge in [0.25, 0.3) is 5.91 Å². The number of nitrogens with one attached hydrogen (secondary N) is 1. The second kappa shape index (κ2) is 11.7. The topological polar surface area (TPSA) is 65.5 Å². The van der Waals surface area contributed by atoms with Gasteiger partial charge in [-0.25, -0.2) is 0 Å². The molecule has 3 rings (SSSR count). The lowest BCUT2D eigenvalue weighted by atomic mass is 10.1. The van der Waals surface area contributed by atoms with Gasteiger partial charge in [0.15, 0.2) is 0 Å². The van der Waals surface area contributed by atoms with Gasteiger partial charge in [-0.3, -0.25) is 19.5 Å². The van der Waals surface area contributed by atoms with Crippen LogP contribution in [0.25, 0.3) is 0 Å². The summed E-state index contributed by atoms with van der Waals surface area (Å²) in [6.07, 6.45) is 6.18. The number of carbonyl (C=O) groups excluding carboxylic acids is 2. The van der Waals surface area contributed by atoms with Gasteiger partial charge in [0.05, 0.1) is 10.6 Å². The number of hydrogen-bond donors (Lipinski definition) is 1. The molecule has 1 atom stereocenters. The number of piperazine rings is 1. The van der Waals surface area contributed by atoms with Crippen LogP contribution >= 0.6 is 35.0 Å². The van der Waals surface area contributed by atoms with Crippen molar-refractivity contribution in [3.8, 4) is 0 Å². The van der Waals surface area contributed by atoms with E-state index < -0.39 is 6.04 Å². The van der Waals surface area contributed by atoms with Crippen LogP contribution in [0, 0.1) is 0 Å². The average molecular weight is 481 g/mol. The quantitative estimate of drug-likeness (QED) is 0.625. The number of pyridine rings is 1. The fourth-order valence-corrected chi connectivity index (χ4v) is 4.47. The predicted molar refractivity (Wildman–Crippen MR) is 127 cm³/mol. The molecule has 1 saturated heterocycles. The Hall–Kier alpha value is -1.80. The second-order valence-corrected chi connectivity index (χ2v) is 9.22. The Labute approximate surface area is 197 Å². The van der Waals surface area contributed by atoms with Crippen LogP contribution in [0.15, 0.2) is 42.7 Å². The maximum absolute atomic E-state index is 13.2. The summed E-state index contributed by atoms with van der Waals surface area (Å²) in [6.45, 7) is 3.65. The third-order valence-corrected chi connectivity index (χ3v) is 6.39. The first-order valence-corrected chi connectivity index (χ1v) is 12.3. The number of thioether (sulfide) groups is 1. The Bertz CT molecular complexity index is 892. The molecule has 0 spiro atoms. The number of nitrogens with zero attached hydrogens (tertiary/aromatic N) is 3. The molecule has 1 aliphatic heterocycles. The summed E-state index contributed by atoms with van der Waals surface area (Å²) in [5.41, 5.74) is 1.47. The molecule has 6 nitrogen and oxygen atoms in total. The summed E-state index contributed by atoms with van der Waals surface area (Å²) in [6, 6.07) is 8.12. The number of rotatable bonds is 8. The van der Waals surface area contributed by atoms with Crippen molar-refractivity contribution < 1.29 is 9.59 Å². The third kappa shape index (κ3) is 6.84. The molecular formula is C22H26Cl2N4O2S. The smallest absolute Gasteiger partial charge is 0.253 e. The van der Waals surface area contributed by atoms with E-state index in [2.05, 4.69) is 21.3 Å². The number of carbonyl (C=O) groups is 2. The molecule has 0 saturated carbocycles. The van der Waals surface area contributed by atoms with Crippen LogP contribution in [0.1, 0.15) is 22.3 Å². The van der Waals surface area contributed by atoms with E-state index in [1.54, 1.807) is 30.1 Å². The molecule has 31 heavy (non-hydrogen) atoms. The van der Waals surface area contributed by atoms with Gasteiger partial charge >= 0.3 is 0 Å². The van der Waals surface area contributed by atoms with Crippen molar-refractivity contribution in [2.75, 3.05) is 38.2 Å². The Kier molecular flexibility index (Phi) is 9.02. The molecule has 2 aromatic rings. The lowest BCUT2D eigenvalue weighted by Crippen LogP contribution is -2.55. The zero-order valence-corrected chi connectivity index (χ0v) is 19.7. The Morgan fingerprint density at radius 2 is 1.97 bits per heavy atom. The van der Waals surface area contributed by atoms with Gasteiger partial charge in [-0.15, -0.1) is 0 Å². The summed E-state index contributed by atoms with van der Waals surface area (Å²) in [7, 11) is 0. The van der Waals surface area contributed by atoms with Crippen LogP contribution in [0.3, 0.4) is 0 Å². The number of halogens is 2. The van der Waals surface area contributed by atoms with Crippen molar-refractivity contribution in [2.24, 2.45) is 0 Å². The van der Waals surface area contributed by atoms with E-state index in [0.29, 0.717) is 30.1 Å².